The Morgan fingerprint density at radius 1 is 0.964 bits per heavy atom. The smallest absolute Gasteiger partial charge is 0.223 e. The van der Waals surface area contributed by atoms with Gasteiger partial charge in [-0.1, -0.05) is 6.07 Å². The molecule has 0 radical (unpaired) electrons. The molecule has 0 aliphatic carbocycles. The van der Waals surface area contributed by atoms with Crippen molar-refractivity contribution in [2.45, 2.75) is 13.3 Å². The number of nitrogens with one attached hydrogen (secondary N) is 1. The highest BCUT2D eigenvalue weighted by Crippen LogP contribution is 2.21. The predicted octanol–water partition coefficient (Wildman–Crippen LogP) is 2.64. The molecule has 0 bridgehead atoms. The summed E-state index contributed by atoms with van der Waals surface area (Å²) in [4.78, 5) is 25.6. The molecule has 0 aliphatic rings. The van der Waals surface area contributed by atoms with Gasteiger partial charge in [0.1, 0.15) is 23.9 Å². The molecule has 7 heteroatoms. The molecule has 7 nitrogen and oxygen atoms in total. The van der Waals surface area contributed by atoms with Gasteiger partial charge in [-0.05, 0) is 36.4 Å². The van der Waals surface area contributed by atoms with Gasteiger partial charge in [0.05, 0.1) is 20.8 Å². The third-order valence-corrected chi connectivity index (χ3v) is 4.06. The monoisotopic (exact) mass is 386 g/mol. The second-order valence-electron chi connectivity index (χ2n) is 6.00. The Kier molecular flexibility index (Phi) is 8.14. The summed E-state index contributed by atoms with van der Waals surface area (Å²) in [6.07, 6.45) is 0.194. The molecule has 0 aliphatic heterocycles. The van der Waals surface area contributed by atoms with E-state index in [1.807, 2.05) is 18.2 Å². The molecule has 1 N–H and O–H groups in total. The largest absolute Gasteiger partial charge is 0.497 e. The van der Waals surface area contributed by atoms with Crippen LogP contribution in [-0.2, 0) is 9.59 Å². The van der Waals surface area contributed by atoms with E-state index in [0.29, 0.717) is 30.3 Å². The molecular formula is C21H26N2O5. The number of amides is 2. The van der Waals surface area contributed by atoms with Gasteiger partial charge in [0, 0.05) is 31.6 Å². The number of benzene rings is 2. The maximum absolute atomic E-state index is 12.1. The van der Waals surface area contributed by atoms with Crippen molar-refractivity contribution in [1.29, 1.82) is 0 Å². The van der Waals surface area contributed by atoms with E-state index in [9.17, 15) is 9.59 Å². The first-order chi connectivity index (χ1) is 13.5. The van der Waals surface area contributed by atoms with E-state index in [4.69, 9.17) is 14.2 Å². The van der Waals surface area contributed by atoms with Crippen LogP contribution in [0.25, 0.3) is 0 Å². The van der Waals surface area contributed by atoms with Crippen LogP contribution in [-0.4, -0.2) is 45.7 Å². The molecule has 0 fully saturated rings. The highest BCUT2D eigenvalue weighted by Gasteiger charge is 2.14. The summed E-state index contributed by atoms with van der Waals surface area (Å²) >= 11 is 0. The van der Waals surface area contributed by atoms with E-state index in [-0.39, 0.29) is 24.8 Å². The number of anilines is 1. The molecule has 150 valence electrons. The Labute approximate surface area is 165 Å². The van der Waals surface area contributed by atoms with Gasteiger partial charge in [0.2, 0.25) is 11.8 Å². The number of ether oxygens (including phenoxy) is 3. The van der Waals surface area contributed by atoms with Crippen molar-refractivity contribution in [1.82, 2.24) is 5.32 Å². The van der Waals surface area contributed by atoms with E-state index < -0.39 is 0 Å². The van der Waals surface area contributed by atoms with Crippen LogP contribution in [0.2, 0.25) is 0 Å². The highest BCUT2D eigenvalue weighted by atomic mass is 16.5. The van der Waals surface area contributed by atoms with Crippen LogP contribution in [0.1, 0.15) is 13.3 Å². The summed E-state index contributed by atoms with van der Waals surface area (Å²) in [5, 5.41) is 2.79. The van der Waals surface area contributed by atoms with Gasteiger partial charge in [-0.3, -0.25) is 9.59 Å². The minimum absolute atomic E-state index is 0.135. The van der Waals surface area contributed by atoms with Crippen molar-refractivity contribution in [3.8, 4) is 17.2 Å². The van der Waals surface area contributed by atoms with Gasteiger partial charge >= 0.3 is 0 Å². The fraction of sp³-hybridized carbons (Fsp3) is 0.333. The average molecular weight is 386 g/mol. The zero-order valence-corrected chi connectivity index (χ0v) is 16.4. The molecule has 0 saturated carbocycles. The second kappa shape index (κ2) is 10.8. The van der Waals surface area contributed by atoms with Gasteiger partial charge in [-0.25, -0.2) is 0 Å². The Hall–Kier alpha value is -3.22. The number of methoxy groups -OCH3 is 2. The summed E-state index contributed by atoms with van der Waals surface area (Å²) in [6, 6.07) is 14.4. The number of nitrogens with zero attached hydrogens (tertiary/aromatic N) is 1. The van der Waals surface area contributed by atoms with Gasteiger partial charge in [-0.15, -0.1) is 0 Å². The van der Waals surface area contributed by atoms with E-state index >= 15 is 0 Å². The average Bonchev–Trinajstić information content (AvgIpc) is 2.71. The van der Waals surface area contributed by atoms with E-state index in [2.05, 4.69) is 5.32 Å². The summed E-state index contributed by atoms with van der Waals surface area (Å²) in [6.45, 7) is 2.49. The molecule has 2 aromatic rings. The summed E-state index contributed by atoms with van der Waals surface area (Å²) in [7, 11) is 3.17. The first-order valence-corrected chi connectivity index (χ1v) is 8.99. The predicted molar refractivity (Wildman–Crippen MR) is 107 cm³/mol. The lowest BCUT2D eigenvalue weighted by Crippen LogP contribution is -2.35. The van der Waals surface area contributed by atoms with Crippen LogP contribution in [0.15, 0.2) is 48.5 Å². The second-order valence-corrected chi connectivity index (χ2v) is 6.00. The van der Waals surface area contributed by atoms with Gasteiger partial charge in [0.25, 0.3) is 0 Å². The van der Waals surface area contributed by atoms with Crippen molar-refractivity contribution in [2.24, 2.45) is 0 Å². The number of carbonyl (C=O) groups excluding carboxylic acids is 2. The van der Waals surface area contributed by atoms with Crippen molar-refractivity contribution in [2.75, 3.05) is 38.8 Å². The molecule has 0 saturated heterocycles. The van der Waals surface area contributed by atoms with Gasteiger partial charge < -0.3 is 24.4 Å². The summed E-state index contributed by atoms with van der Waals surface area (Å²) in [5.74, 6) is 1.84. The third-order valence-electron chi connectivity index (χ3n) is 4.06. The molecule has 2 amide bonds. The fourth-order valence-electron chi connectivity index (χ4n) is 2.58. The number of hydrogen-bond donors (Lipinski definition) is 1. The minimum Gasteiger partial charge on any atom is -0.497 e. The lowest BCUT2D eigenvalue weighted by Gasteiger charge is -2.21. The Morgan fingerprint density at radius 3 is 2.29 bits per heavy atom. The van der Waals surface area contributed by atoms with Crippen molar-refractivity contribution in [3.63, 3.8) is 0 Å². The molecule has 2 aromatic carbocycles. The SMILES string of the molecule is COc1ccc(OCCNC(=O)CCN(C(C)=O)c2cccc(OC)c2)cc1. The molecule has 0 heterocycles. The van der Waals surface area contributed by atoms with Crippen LogP contribution in [0.5, 0.6) is 17.2 Å². The number of carbonyl (C=O) groups is 2. The van der Waals surface area contributed by atoms with Crippen LogP contribution in [0, 0.1) is 0 Å². The third kappa shape index (κ3) is 6.50. The zero-order chi connectivity index (χ0) is 20.4. The maximum Gasteiger partial charge on any atom is 0.223 e. The molecule has 0 atom stereocenters. The first kappa shape index (κ1) is 21.1. The normalized spacial score (nSPS) is 10.1. The molecule has 0 aromatic heterocycles. The minimum atomic E-state index is -0.146. The van der Waals surface area contributed by atoms with Crippen LogP contribution < -0.4 is 24.4 Å². The molecule has 2 rings (SSSR count). The summed E-state index contributed by atoms with van der Waals surface area (Å²) in [5.41, 5.74) is 0.697. The number of rotatable bonds is 10. The van der Waals surface area contributed by atoms with E-state index in [0.717, 1.165) is 5.75 Å². The maximum atomic E-state index is 12.1. The highest BCUT2D eigenvalue weighted by molar-refractivity contribution is 5.92. The molecule has 0 spiro atoms. The topological polar surface area (TPSA) is 77.1 Å². The Balaban J connectivity index is 1.75. The van der Waals surface area contributed by atoms with E-state index in [1.165, 1.54) is 6.92 Å². The lowest BCUT2D eigenvalue weighted by atomic mass is 10.2. The zero-order valence-electron chi connectivity index (χ0n) is 16.4. The van der Waals surface area contributed by atoms with E-state index in [1.54, 1.807) is 49.5 Å². The van der Waals surface area contributed by atoms with Gasteiger partial charge in [0.15, 0.2) is 0 Å². The fourth-order valence-corrected chi connectivity index (χ4v) is 2.58. The van der Waals surface area contributed by atoms with Gasteiger partial charge in [-0.2, -0.15) is 0 Å². The Morgan fingerprint density at radius 2 is 1.64 bits per heavy atom. The Bertz CT molecular complexity index is 777. The molecular weight excluding hydrogens is 360 g/mol. The number of hydrogen-bond acceptors (Lipinski definition) is 5. The van der Waals surface area contributed by atoms with Crippen LogP contribution in [0.4, 0.5) is 5.69 Å². The molecule has 0 unspecified atom stereocenters. The van der Waals surface area contributed by atoms with Crippen LogP contribution >= 0.6 is 0 Å². The summed E-state index contributed by atoms with van der Waals surface area (Å²) < 4.78 is 15.8. The van der Waals surface area contributed by atoms with Crippen molar-refractivity contribution < 1.29 is 23.8 Å². The molecule has 28 heavy (non-hydrogen) atoms. The lowest BCUT2D eigenvalue weighted by molar-refractivity contribution is -0.121. The first-order valence-electron chi connectivity index (χ1n) is 8.99. The van der Waals surface area contributed by atoms with Crippen molar-refractivity contribution >= 4 is 17.5 Å². The standard InChI is InChI=1S/C21H26N2O5/c1-16(24)23(17-5-4-6-20(15-17)27-3)13-11-21(25)22-12-14-28-19-9-7-18(26-2)8-10-19/h4-10,15H,11-14H2,1-3H3,(H,22,25). The van der Waals surface area contributed by atoms with Crippen molar-refractivity contribution in [3.05, 3.63) is 48.5 Å². The van der Waals surface area contributed by atoms with Crippen LogP contribution in [0.3, 0.4) is 0 Å². The quantitative estimate of drug-likeness (QED) is 0.635.